The molecule has 1 rings (SSSR count). The third-order valence-electron chi connectivity index (χ3n) is 2.90. The molecule has 4 nitrogen and oxygen atoms in total. The van der Waals surface area contributed by atoms with Crippen LogP contribution in [0.2, 0.25) is 0 Å². The predicted molar refractivity (Wildman–Crippen MR) is 76.2 cm³/mol. The molecule has 0 spiro atoms. The zero-order valence-electron chi connectivity index (χ0n) is 12.2. The van der Waals surface area contributed by atoms with Gasteiger partial charge >= 0.3 is 0 Å². The molecule has 3 N–H and O–H groups in total. The van der Waals surface area contributed by atoms with Gasteiger partial charge in [0.15, 0.2) is 0 Å². The monoisotopic (exact) mass is 267 g/mol. The number of rotatable bonds is 7. The van der Waals surface area contributed by atoms with E-state index in [0.717, 1.165) is 11.3 Å². The average Bonchev–Trinajstić information content (AvgIpc) is 2.36. The topological polar surface area (TPSA) is 64.7 Å². The van der Waals surface area contributed by atoms with Crippen LogP contribution >= 0.6 is 0 Å². The Hall–Kier alpha value is -1.10. The Morgan fingerprint density at radius 3 is 2.11 bits per heavy atom. The highest BCUT2D eigenvalue weighted by molar-refractivity contribution is 5.29. The van der Waals surface area contributed by atoms with Crippen molar-refractivity contribution in [2.24, 2.45) is 5.73 Å². The van der Waals surface area contributed by atoms with Crippen LogP contribution in [0.25, 0.3) is 0 Å². The largest absolute Gasteiger partial charge is 0.491 e. The van der Waals surface area contributed by atoms with Crippen LogP contribution in [0.4, 0.5) is 0 Å². The zero-order chi connectivity index (χ0) is 14.4. The maximum absolute atomic E-state index is 9.47. The number of hydrogen-bond donors (Lipinski definition) is 2. The number of hydrogen-bond acceptors (Lipinski definition) is 4. The van der Waals surface area contributed by atoms with Crippen LogP contribution in [0, 0.1) is 0 Å². The van der Waals surface area contributed by atoms with E-state index < -0.39 is 6.10 Å². The summed E-state index contributed by atoms with van der Waals surface area (Å²) >= 11 is 0. The lowest BCUT2D eigenvalue weighted by molar-refractivity contribution is -0.0591. The van der Waals surface area contributed by atoms with Gasteiger partial charge in [0.25, 0.3) is 0 Å². The van der Waals surface area contributed by atoms with Crippen LogP contribution < -0.4 is 10.5 Å². The minimum Gasteiger partial charge on any atom is -0.491 e. The van der Waals surface area contributed by atoms with Crippen LogP contribution in [-0.2, 0) is 4.74 Å². The van der Waals surface area contributed by atoms with Crippen molar-refractivity contribution in [1.82, 2.24) is 0 Å². The Kier molecular flexibility index (Phi) is 6.28. The van der Waals surface area contributed by atoms with Crippen LogP contribution in [0.1, 0.15) is 39.4 Å². The van der Waals surface area contributed by atoms with Gasteiger partial charge in [0.1, 0.15) is 5.75 Å². The summed E-state index contributed by atoms with van der Waals surface area (Å²) < 4.78 is 11.3. The molecule has 3 unspecified atom stereocenters. The molecule has 19 heavy (non-hydrogen) atoms. The Bertz CT molecular complexity index is 362. The molecule has 0 radical (unpaired) electrons. The molecular formula is C15H25NO3. The minimum atomic E-state index is -0.516. The molecule has 1 aromatic carbocycles. The lowest BCUT2D eigenvalue weighted by Crippen LogP contribution is -2.28. The molecule has 3 atom stereocenters. The van der Waals surface area contributed by atoms with E-state index in [2.05, 4.69) is 0 Å². The van der Waals surface area contributed by atoms with Crippen molar-refractivity contribution < 1.29 is 14.6 Å². The maximum atomic E-state index is 9.47. The Labute approximate surface area is 115 Å². The van der Waals surface area contributed by atoms with E-state index in [1.807, 2.05) is 45.0 Å². The molecule has 0 aliphatic carbocycles. The number of nitrogens with two attached hydrogens (primary N) is 1. The highest BCUT2D eigenvalue weighted by Gasteiger charge is 2.17. The van der Waals surface area contributed by atoms with E-state index in [1.54, 1.807) is 6.92 Å². The zero-order valence-corrected chi connectivity index (χ0v) is 12.2. The van der Waals surface area contributed by atoms with Gasteiger partial charge in [-0.1, -0.05) is 12.1 Å². The number of aliphatic hydroxyl groups excluding tert-OH is 1. The second-order valence-corrected chi connectivity index (χ2v) is 5.04. The normalized spacial score (nSPS) is 16.2. The first-order valence-corrected chi connectivity index (χ1v) is 6.74. The SMILES string of the molecule is CC(C)Oc1ccc(C(CN)OC(C)C(C)O)cc1. The molecule has 0 aliphatic rings. The van der Waals surface area contributed by atoms with Crippen LogP contribution in [-0.4, -0.2) is 30.0 Å². The van der Waals surface area contributed by atoms with Gasteiger partial charge in [0, 0.05) is 6.54 Å². The molecule has 0 saturated heterocycles. The standard InChI is InChI=1S/C15H25NO3/c1-10(2)18-14-7-5-13(6-8-14)15(9-16)19-12(4)11(3)17/h5-8,10-12,15,17H,9,16H2,1-4H3. The summed E-state index contributed by atoms with van der Waals surface area (Å²) in [6, 6.07) is 7.72. The fourth-order valence-electron chi connectivity index (χ4n) is 1.68. The summed E-state index contributed by atoms with van der Waals surface area (Å²) in [6.45, 7) is 7.90. The second-order valence-electron chi connectivity index (χ2n) is 5.04. The number of aliphatic hydroxyl groups is 1. The van der Waals surface area contributed by atoms with Crippen LogP contribution in [0.3, 0.4) is 0 Å². The first-order chi connectivity index (χ1) is 8.93. The Morgan fingerprint density at radius 1 is 1.11 bits per heavy atom. The Balaban J connectivity index is 2.71. The minimum absolute atomic E-state index is 0.155. The summed E-state index contributed by atoms with van der Waals surface area (Å²) in [4.78, 5) is 0. The van der Waals surface area contributed by atoms with Gasteiger partial charge in [-0.2, -0.15) is 0 Å². The molecule has 4 heteroatoms. The van der Waals surface area contributed by atoms with Crippen molar-refractivity contribution in [3.05, 3.63) is 29.8 Å². The quantitative estimate of drug-likeness (QED) is 0.795. The van der Waals surface area contributed by atoms with Gasteiger partial charge in [0.2, 0.25) is 0 Å². The van der Waals surface area contributed by atoms with E-state index >= 15 is 0 Å². The van der Waals surface area contributed by atoms with E-state index in [0.29, 0.717) is 6.54 Å². The van der Waals surface area contributed by atoms with Gasteiger partial charge in [-0.05, 0) is 45.4 Å². The highest BCUT2D eigenvalue weighted by Crippen LogP contribution is 2.22. The van der Waals surface area contributed by atoms with Gasteiger partial charge in [-0.3, -0.25) is 0 Å². The van der Waals surface area contributed by atoms with Crippen molar-refractivity contribution in [2.75, 3.05) is 6.54 Å². The average molecular weight is 267 g/mol. The van der Waals surface area contributed by atoms with E-state index in [4.69, 9.17) is 15.2 Å². The third kappa shape index (κ3) is 5.19. The first kappa shape index (κ1) is 16.0. The van der Waals surface area contributed by atoms with Gasteiger partial charge < -0.3 is 20.3 Å². The molecule has 0 aliphatic heterocycles. The molecule has 0 saturated carbocycles. The van der Waals surface area contributed by atoms with E-state index in [9.17, 15) is 5.11 Å². The molecule has 0 heterocycles. The van der Waals surface area contributed by atoms with Crippen molar-refractivity contribution in [3.63, 3.8) is 0 Å². The third-order valence-corrected chi connectivity index (χ3v) is 2.90. The van der Waals surface area contributed by atoms with Crippen LogP contribution in [0.5, 0.6) is 5.75 Å². The van der Waals surface area contributed by atoms with Gasteiger partial charge in [0.05, 0.1) is 24.4 Å². The van der Waals surface area contributed by atoms with Crippen LogP contribution in [0.15, 0.2) is 24.3 Å². The predicted octanol–water partition coefficient (Wildman–Crippen LogP) is 2.26. The Morgan fingerprint density at radius 2 is 1.68 bits per heavy atom. The van der Waals surface area contributed by atoms with Gasteiger partial charge in [-0.25, -0.2) is 0 Å². The highest BCUT2D eigenvalue weighted by atomic mass is 16.5. The number of ether oxygens (including phenoxy) is 2. The molecule has 0 aromatic heterocycles. The molecule has 0 fully saturated rings. The van der Waals surface area contributed by atoms with Crippen molar-refractivity contribution >= 4 is 0 Å². The second kappa shape index (κ2) is 7.48. The van der Waals surface area contributed by atoms with E-state index in [-0.39, 0.29) is 18.3 Å². The molecule has 108 valence electrons. The smallest absolute Gasteiger partial charge is 0.119 e. The van der Waals surface area contributed by atoms with E-state index in [1.165, 1.54) is 0 Å². The summed E-state index contributed by atoms with van der Waals surface area (Å²) in [5.74, 6) is 0.832. The van der Waals surface area contributed by atoms with Gasteiger partial charge in [-0.15, -0.1) is 0 Å². The molecule has 0 bridgehead atoms. The van der Waals surface area contributed by atoms with Crippen molar-refractivity contribution in [2.45, 2.75) is 52.1 Å². The summed E-state index contributed by atoms with van der Waals surface area (Å²) in [7, 11) is 0. The maximum Gasteiger partial charge on any atom is 0.119 e. The fraction of sp³-hybridized carbons (Fsp3) is 0.600. The summed E-state index contributed by atoms with van der Waals surface area (Å²) in [5.41, 5.74) is 6.73. The lowest BCUT2D eigenvalue weighted by atomic mass is 10.1. The molecule has 0 amide bonds. The lowest BCUT2D eigenvalue weighted by Gasteiger charge is -2.23. The first-order valence-electron chi connectivity index (χ1n) is 6.74. The molecular weight excluding hydrogens is 242 g/mol. The summed E-state index contributed by atoms with van der Waals surface area (Å²) in [5, 5.41) is 9.47. The van der Waals surface area contributed by atoms with Crippen molar-refractivity contribution in [1.29, 1.82) is 0 Å². The van der Waals surface area contributed by atoms with Crippen molar-refractivity contribution in [3.8, 4) is 5.75 Å². The number of benzene rings is 1. The molecule has 1 aromatic rings. The fourth-order valence-corrected chi connectivity index (χ4v) is 1.68. The summed E-state index contributed by atoms with van der Waals surface area (Å²) in [6.07, 6.45) is -0.821.